The second-order valence-electron chi connectivity index (χ2n) is 5.79. The van der Waals surface area contributed by atoms with Crippen LogP contribution in [-0.2, 0) is 4.74 Å². The molecule has 1 aliphatic rings. The number of hydrogen-bond donors (Lipinski definition) is 1. The van der Waals surface area contributed by atoms with E-state index >= 15 is 0 Å². The number of aromatic nitrogens is 1. The van der Waals surface area contributed by atoms with E-state index in [9.17, 15) is 0 Å². The van der Waals surface area contributed by atoms with Gasteiger partial charge >= 0.3 is 0 Å². The van der Waals surface area contributed by atoms with Crippen molar-refractivity contribution in [2.24, 2.45) is 5.73 Å². The van der Waals surface area contributed by atoms with Crippen molar-refractivity contribution in [2.45, 2.75) is 39.2 Å². The molecule has 110 valence electrons. The second-order valence-corrected chi connectivity index (χ2v) is 6.23. The van der Waals surface area contributed by atoms with Gasteiger partial charge in [-0.05, 0) is 39.7 Å². The predicted molar refractivity (Wildman–Crippen MR) is 86.5 cm³/mol. The molecule has 1 fully saturated rings. The second kappa shape index (κ2) is 5.66. The van der Waals surface area contributed by atoms with Crippen LogP contribution in [0.25, 0.3) is 0 Å². The van der Waals surface area contributed by atoms with Gasteiger partial charge in [0.1, 0.15) is 4.99 Å². The number of pyridine rings is 1. The number of nitrogens with two attached hydrogens (primary N) is 1. The maximum Gasteiger partial charge on any atom is 0.107 e. The molecule has 0 spiro atoms. The molecule has 5 heteroatoms. The Hall–Kier alpha value is -1.20. The van der Waals surface area contributed by atoms with Crippen LogP contribution < -0.4 is 10.6 Å². The molecular weight excluding hydrogens is 270 g/mol. The standard InChI is InChI=1S/C15H23N3OS/c1-10-8-12(13(14(16)20)11(2)17-10)18-7-5-6-15(3,9-18)19-4/h8H,5-7,9H2,1-4H3,(H2,16,20). The van der Waals surface area contributed by atoms with Crippen LogP contribution in [-0.4, -0.2) is 35.8 Å². The summed E-state index contributed by atoms with van der Waals surface area (Å²) in [6.07, 6.45) is 2.17. The number of piperidine rings is 1. The SMILES string of the molecule is COC1(C)CCCN(c2cc(C)nc(C)c2C(N)=S)C1. The molecule has 2 heterocycles. The molecule has 1 saturated heterocycles. The van der Waals surface area contributed by atoms with Crippen LogP contribution in [0.1, 0.15) is 36.7 Å². The summed E-state index contributed by atoms with van der Waals surface area (Å²) in [5, 5.41) is 0. The van der Waals surface area contributed by atoms with E-state index in [4.69, 9.17) is 22.7 Å². The van der Waals surface area contributed by atoms with Gasteiger partial charge in [0.05, 0.1) is 16.9 Å². The minimum absolute atomic E-state index is 0.114. The van der Waals surface area contributed by atoms with E-state index < -0.39 is 0 Å². The van der Waals surface area contributed by atoms with Gasteiger partial charge in [-0.3, -0.25) is 4.98 Å². The van der Waals surface area contributed by atoms with Gasteiger partial charge in [-0.2, -0.15) is 0 Å². The Bertz CT molecular complexity index is 532. The Labute approximate surface area is 126 Å². The summed E-state index contributed by atoms with van der Waals surface area (Å²) in [5.41, 5.74) is 9.66. The van der Waals surface area contributed by atoms with Crippen molar-refractivity contribution in [3.8, 4) is 0 Å². The first kappa shape index (κ1) is 15.2. The van der Waals surface area contributed by atoms with Crippen molar-refractivity contribution >= 4 is 22.9 Å². The molecule has 0 amide bonds. The number of rotatable bonds is 3. The number of nitrogens with zero attached hydrogens (tertiary/aromatic N) is 2. The monoisotopic (exact) mass is 293 g/mol. The van der Waals surface area contributed by atoms with Crippen molar-refractivity contribution < 1.29 is 4.74 Å². The van der Waals surface area contributed by atoms with Crippen LogP contribution in [0.15, 0.2) is 6.07 Å². The summed E-state index contributed by atoms with van der Waals surface area (Å²) in [6, 6.07) is 2.07. The van der Waals surface area contributed by atoms with Crippen LogP contribution in [0.3, 0.4) is 0 Å². The fourth-order valence-corrected chi connectivity index (χ4v) is 3.19. The molecule has 4 nitrogen and oxygen atoms in total. The largest absolute Gasteiger partial charge is 0.389 e. The lowest BCUT2D eigenvalue weighted by atomic mass is 9.93. The number of thiocarbonyl (C=S) groups is 1. The Balaban J connectivity index is 2.44. The topological polar surface area (TPSA) is 51.4 Å². The molecule has 0 aliphatic carbocycles. The fraction of sp³-hybridized carbons (Fsp3) is 0.600. The maximum atomic E-state index is 5.91. The van der Waals surface area contributed by atoms with E-state index in [1.165, 1.54) is 0 Å². The van der Waals surface area contributed by atoms with Crippen molar-refractivity contribution in [1.29, 1.82) is 0 Å². The molecule has 0 radical (unpaired) electrons. The van der Waals surface area contributed by atoms with Gasteiger partial charge in [0.25, 0.3) is 0 Å². The van der Waals surface area contributed by atoms with Gasteiger partial charge in [-0.25, -0.2) is 0 Å². The van der Waals surface area contributed by atoms with E-state index in [0.29, 0.717) is 4.99 Å². The van der Waals surface area contributed by atoms with Crippen molar-refractivity contribution in [3.63, 3.8) is 0 Å². The molecule has 1 aliphatic heterocycles. The molecular formula is C15H23N3OS. The van der Waals surface area contributed by atoms with E-state index in [0.717, 1.165) is 48.6 Å². The lowest BCUT2D eigenvalue weighted by Gasteiger charge is -2.41. The highest BCUT2D eigenvalue weighted by molar-refractivity contribution is 7.80. The zero-order valence-electron chi connectivity index (χ0n) is 12.7. The van der Waals surface area contributed by atoms with Gasteiger partial charge in [-0.15, -0.1) is 0 Å². The number of anilines is 1. The van der Waals surface area contributed by atoms with Gasteiger partial charge in [0.2, 0.25) is 0 Å². The molecule has 1 aromatic heterocycles. The first-order valence-corrected chi connectivity index (χ1v) is 7.35. The minimum atomic E-state index is -0.114. The maximum absolute atomic E-state index is 5.91. The Morgan fingerprint density at radius 2 is 2.20 bits per heavy atom. The predicted octanol–water partition coefficient (Wildman–Crippen LogP) is 2.34. The van der Waals surface area contributed by atoms with Crippen molar-refractivity contribution in [1.82, 2.24) is 4.98 Å². The molecule has 20 heavy (non-hydrogen) atoms. The van der Waals surface area contributed by atoms with Gasteiger partial charge < -0.3 is 15.4 Å². The average molecular weight is 293 g/mol. The number of hydrogen-bond acceptors (Lipinski definition) is 4. The van der Waals surface area contributed by atoms with E-state index in [1.54, 1.807) is 7.11 Å². The quantitative estimate of drug-likeness (QED) is 0.867. The highest BCUT2D eigenvalue weighted by Gasteiger charge is 2.32. The molecule has 2 rings (SSSR count). The van der Waals surface area contributed by atoms with Gasteiger partial charge in [0.15, 0.2) is 0 Å². The zero-order chi connectivity index (χ0) is 14.9. The summed E-state index contributed by atoms with van der Waals surface area (Å²) in [6.45, 7) is 7.96. The third-order valence-corrected chi connectivity index (χ3v) is 4.25. The highest BCUT2D eigenvalue weighted by atomic mass is 32.1. The number of ether oxygens (including phenoxy) is 1. The van der Waals surface area contributed by atoms with Gasteiger partial charge in [0, 0.05) is 31.6 Å². The third kappa shape index (κ3) is 2.94. The molecule has 0 saturated carbocycles. The Morgan fingerprint density at radius 3 is 2.80 bits per heavy atom. The van der Waals surface area contributed by atoms with Crippen LogP contribution in [0.5, 0.6) is 0 Å². The summed E-state index contributed by atoms with van der Waals surface area (Å²) in [5.74, 6) is 0. The van der Waals surface area contributed by atoms with E-state index in [1.807, 2.05) is 13.8 Å². The first-order chi connectivity index (χ1) is 9.36. The molecule has 1 aromatic rings. The minimum Gasteiger partial charge on any atom is -0.389 e. The third-order valence-electron chi connectivity index (χ3n) is 4.05. The lowest BCUT2D eigenvalue weighted by Crippen LogP contribution is -2.48. The highest BCUT2D eigenvalue weighted by Crippen LogP contribution is 2.31. The Morgan fingerprint density at radius 1 is 1.50 bits per heavy atom. The average Bonchev–Trinajstić information content (AvgIpc) is 2.37. The molecule has 0 bridgehead atoms. The fourth-order valence-electron chi connectivity index (χ4n) is 2.94. The van der Waals surface area contributed by atoms with Crippen LogP contribution in [0.2, 0.25) is 0 Å². The summed E-state index contributed by atoms with van der Waals surface area (Å²) < 4.78 is 5.67. The first-order valence-electron chi connectivity index (χ1n) is 6.94. The number of methoxy groups -OCH3 is 1. The van der Waals surface area contributed by atoms with Crippen molar-refractivity contribution in [3.05, 3.63) is 23.0 Å². The summed E-state index contributed by atoms with van der Waals surface area (Å²) in [7, 11) is 1.78. The van der Waals surface area contributed by atoms with Gasteiger partial charge in [-0.1, -0.05) is 12.2 Å². The van der Waals surface area contributed by atoms with Crippen LogP contribution in [0, 0.1) is 13.8 Å². The summed E-state index contributed by atoms with van der Waals surface area (Å²) in [4.78, 5) is 7.22. The van der Waals surface area contributed by atoms with Crippen LogP contribution >= 0.6 is 12.2 Å². The zero-order valence-corrected chi connectivity index (χ0v) is 13.5. The van der Waals surface area contributed by atoms with Crippen molar-refractivity contribution in [2.75, 3.05) is 25.1 Å². The summed E-state index contributed by atoms with van der Waals surface area (Å²) >= 11 is 5.22. The lowest BCUT2D eigenvalue weighted by molar-refractivity contribution is -0.00466. The van der Waals surface area contributed by atoms with E-state index in [-0.39, 0.29) is 5.60 Å². The Kier molecular flexibility index (Phi) is 4.30. The number of aryl methyl sites for hydroxylation is 2. The molecule has 0 aromatic carbocycles. The van der Waals surface area contributed by atoms with Crippen LogP contribution in [0.4, 0.5) is 5.69 Å². The van der Waals surface area contributed by atoms with E-state index in [2.05, 4.69) is 22.9 Å². The molecule has 2 N–H and O–H groups in total. The normalized spacial score (nSPS) is 22.9. The smallest absolute Gasteiger partial charge is 0.107 e. The molecule has 1 unspecified atom stereocenters. The molecule has 1 atom stereocenters.